The normalized spacial score (nSPS) is 56.3. The van der Waals surface area contributed by atoms with Gasteiger partial charge in [-0.05, 0) is 74.5 Å². The predicted octanol–water partition coefficient (Wildman–Crippen LogP) is 3.85. The number of nitrogens with two attached hydrogens (primary N) is 1. The number of fused-ring (bicyclic) bond motifs is 5. The standard InChI is InChI=1S/C19H32N2O/c1-17-10-4-3-5-13(17)6-7-15-14(17)8-11-18(2)16(21-20)9-12-19(15,18)22/h13-15,22H,3-12,20H2,1-2H3/b21-16-/t13-,14-,15+,17-,18+,19-/m0/s1. The van der Waals surface area contributed by atoms with Gasteiger partial charge >= 0.3 is 0 Å². The SMILES string of the molecule is C[C@]12CCCC[C@H]1CC[C@@H]1[C@@H]2CC[C@]2(C)/C(=N\N)CC[C@]12O. The van der Waals surface area contributed by atoms with Crippen LogP contribution in [0.2, 0.25) is 0 Å². The third-order valence-corrected chi connectivity index (χ3v) is 8.67. The molecule has 4 saturated carbocycles. The summed E-state index contributed by atoms with van der Waals surface area (Å²) in [7, 11) is 0. The highest BCUT2D eigenvalue weighted by Gasteiger charge is 2.66. The molecule has 0 saturated heterocycles. The van der Waals surface area contributed by atoms with Crippen LogP contribution in [0.15, 0.2) is 5.10 Å². The van der Waals surface area contributed by atoms with E-state index in [9.17, 15) is 5.11 Å². The molecule has 0 amide bonds. The molecule has 4 aliphatic rings. The molecule has 0 aromatic carbocycles. The second-order valence-electron chi connectivity index (χ2n) is 9.11. The average Bonchev–Trinajstić information content (AvgIpc) is 2.78. The molecule has 0 spiro atoms. The van der Waals surface area contributed by atoms with Gasteiger partial charge in [0.15, 0.2) is 0 Å². The highest BCUT2D eigenvalue weighted by atomic mass is 16.3. The van der Waals surface area contributed by atoms with E-state index in [1.807, 2.05) is 0 Å². The minimum Gasteiger partial charge on any atom is -0.389 e. The zero-order chi connectivity index (χ0) is 15.6. The van der Waals surface area contributed by atoms with Crippen LogP contribution in [-0.4, -0.2) is 16.4 Å². The number of hydrogen-bond donors (Lipinski definition) is 2. The largest absolute Gasteiger partial charge is 0.389 e. The smallest absolute Gasteiger partial charge is 0.0788 e. The van der Waals surface area contributed by atoms with Gasteiger partial charge < -0.3 is 10.9 Å². The lowest BCUT2D eigenvalue weighted by molar-refractivity contribution is -0.185. The molecule has 3 N–H and O–H groups in total. The van der Waals surface area contributed by atoms with Gasteiger partial charge in [-0.2, -0.15) is 5.10 Å². The molecule has 4 rings (SSSR count). The van der Waals surface area contributed by atoms with E-state index in [1.54, 1.807) is 0 Å². The highest BCUT2D eigenvalue weighted by molar-refractivity contribution is 5.93. The number of hydrazone groups is 1. The van der Waals surface area contributed by atoms with Gasteiger partial charge in [0.2, 0.25) is 0 Å². The lowest BCUT2D eigenvalue weighted by Gasteiger charge is -2.62. The van der Waals surface area contributed by atoms with Crippen LogP contribution in [-0.2, 0) is 0 Å². The van der Waals surface area contributed by atoms with Crippen LogP contribution in [0.4, 0.5) is 0 Å². The van der Waals surface area contributed by atoms with Crippen LogP contribution in [0.1, 0.15) is 78.1 Å². The van der Waals surface area contributed by atoms with Crippen LogP contribution in [0.25, 0.3) is 0 Å². The van der Waals surface area contributed by atoms with Crippen molar-refractivity contribution in [2.45, 2.75) is 83.7 Å². The van der Waals surface area contributed by atoms with Crippen LogP contribution >= 0.6 is 0 Å². The third kappa shape index (κ3) is 1.64. The predicted molar refractivity (Wildman–Crippen MR) is 89.4 cm³/mol. The Morgan fingerprint density at radius 3 is 2.59 bits per heavy atom. The number of aliphatic hydroxyl groups is 1. The van der Waals surface area contributed by atoms with Gasteiger partial charge in [0.1, 0.15) is 0 Å². The first-order chi connectivity index (χ1) is 10.5. The molecule has 4 aliphatic carbocycles. The molecule has 124 valence electrons. The minimum atomic E-state index is -0.556. The van der Waals surface area contributed by atoms with Crippen LogP contribution in [0, 0.1) is 28.6 Å². The minimum absolute atomic E-state index is 0.166. The number of nitrogens with zero attached hydrogens (tertiary/aromatic N) is 1. The summed E-state index contributed by atoms with van der Waals surface area (Å²) in [5.74, 6) is 7.74. The molecular weight excluding hydrogens is 272 g/mol. The molecule has 0 aliphatic heterocycles. The van der Waals surface area contributed by atoms with Gasteiger partial charge in [-0.15, -0.1) is 0 Å². The molecule has 0 radical (unpaired) electrons. The van der Waals surface area contributed by atoms with Crippen molar-refractivity contribution in [3.05, 3.63) is 0 Å². The first-order valence-electron chi connectivity index (χ1n) is 9.45. The summed E-state index contributed by atoms with van der Waals surface area (Å²) in [4.78, 5) is 0. The molecular formula is C19H32N2O. The van der Waals surface area contributed by atoms with Crippen LogP contribution in [0.5, 0.6) is 0 Å². The van der Waals surface area contributed by atoms with Gasteiger partial charge in [0, 0.05) is 11.1 Å². The van der Waals surface area contributed by atoms with Crippen molar-refractivity contribution in [1.29, 1.82) is 0 Å². The second-order valence-corrected chi connectivity index (χ2v) is 9.11. The van der Waals surface area contributed by atoms with Gasteiger partial charge in [-0.3, -0.25) is 0 Å². The van der Waals surface area contributed by atoms with Gasteiger partial charge in [0.05, 0.1) is 5.60 Å². The van der Waals surface area contributed by atoms with Crippen molar-refractivity contribution in [3.63, 3.8) is 0 Å². The van der Waals surface area contributed by atoms with Crippen molar-refractivity contribution in [2.75, 3.05) is 0 Å². The Hall–Kier alpha value is -0.570. The van der Waals surface area contributed by atoms with E-state index in [0.29, 0.717) is 17.3 Å². The first-order valence-corrected chi connectivity index (χ1v) is 9.45. The van der Waals surface area contributed by atoms with E-state index in [1.165, 1.54) is 44.9 Å². The molecule has 22 heavy (non-hydrogen) atoms. The molecule has 3 nitrogen and oxygen atoms in total. The summed E-state index contributed by atoms with van der Waals surface area (Å²) in [6.45, 7) is 4.78. The molecule has 0 heterocycles. The Bertz CT molecular complexity index is 504. The van der Waals surface area contributed by atoms with Crippen molar-refractivity contribution in [1.82, 2.24) is 0 Å². The fourth-order valence-corrected chi connectivity index (χ4v) is 7.25. The molecule has 6 atom stereocenters. The summed E-state index contributed by atoms with van der Waals surface area (Å²) in [5.41, 5.74) is 0.825. The zero-order valence-electron chi connectivity index (χ0n) is 14.3. The Morgan fingerprint density at radius 2 is 1.82 bits per heavy atom. The first kappa shape index (κ1) is 15.0. The van der Waals surface area contributed by atoms with E-state index in [-0.39, 0.29) is 5.41 Å². The second kappa shape index (κ2) is 4.72. The molecule has 0 unspecified atom stereocenters. The lowest BCUT2D eigenvalue weighted by Crippen LogP contribution is -2.62. The Labute approximate surface area is 134 Å². The Kier molecular flexibility index (Phi) is 3.21. The van der Waals surface area contributed by atoms with Gasteiger partial charge in [0.25, 0.3) is 0 Å². The summed E-state index contributed by atoms with van der Waals surface area (Å²) in [5, 5.41) is 15.8. The zero-order valence-corrected chi connectivity index (χ0v) is 14.3. The van der Waals surface area contributed by atoms with Gasteiger partial charge in [-0.25, -0.2) is 0 Å². The van der Waals surface area contributed by atoms with Crippen molar-refractivity contribution in [3.8, 4) is 0 Å². The van der Waals surface area contributed by atoms with Crippen LogP contribution in [0.3, 0.4) is 0 Å². The number of hydrogen-bond acceptors (Lipinski definition) is 3. The molecule has 0 bridgehead atoms. The summed E-state index contributed by atoms with van der Waals surface area (Å²) in [6, 6.07) is 0. The monoisotopic (exact) mass is 304 g/mol. The molecule has 0 aromatic heterocycles. The number of rotatable bonds is 0. The van der Waals surface area contributed by atoms with Crippen molar-refractivity contribution >= 4 is 5.71 Å². The third-order valence-electron chi connectivity index (χ3n) is 8.67. The van der Waals surface area contributed by atoms with Crippen LogP contribution < -0.4 is 5.84 Å². The van der Waals surface area contributed by atoms with E-state index >= 15 is 0 Å². The van der Waals surface area contributed by atoms with E-state index < -0.39 is 5.60 Å². The molecule has 0 aromatic rings. The highest BCUT2D eigenvalue weighted by Crippen LogP contribution is 2.66. The van der Waals surface area contributed by atoms with E-state index in [0.717, 1.165) is 30.9 Å². The van der Waals surface area contributed by atoms with E-state index in [2.05, 4.69) is 18.9 Å². The van der Waals surface area contributed by atoms with E-state index in [4.69, 9.17) is 5.84 Å². The van der Waals surface area contributed by atoms with Crippen molar-refractivity contribution in [2.24, 2.45) is 39.5 Å². The fourth-order valence-electron chi connectivity index (χ4n) is 7.25. The average molecular weight is 304 g/mol. The topological polar surface area (TPSA) is 58.6 Å². The Balaban J connectivity index is 1.72. The summed E-state index contributed by atoms with van der Waals surface area (Å²) >= 11 is 0. The van der Waals surface area contributed by atoms with Gasteiger partial charge in [-0.1, -0.05) is 26.7 Å². The summed E-state index contributed by atoms with van der Waals surface area (Å²) in [6.07, 6.45) is 12.3. The Morgan fingerprint density at radius 1 is 1.00 bits per heavy atom. The summed E-state index contributed by atoms with van der Waals surface area (Å²) < 4.78 is 0. The lowest BCUT2D eigenvalue weighted by atomic mass is 9.44. The fraction of sp³-hybridized carbons (Fsp3) is 0.947. The quantitative estimate of drug-likeness (QED) is 0.527. The maximum Gasteiger partial charge on any atom is 0.0788 e. The molecule has 4 fully saturated rings. The molecule has 3 heteroatoms. The maximum atomic E-state index is 11.7. The maximum absolute atomic E-state index is 11.7. The van der Waals surface area contributed by atoms with Crippen molar-refractivity contribution < 1.29 is 5.11 Å².